The van der Waals surface area contributed by atoms with E-state index in [2.05, 4.69) is 15.9 Å². The van der Waals surface area contributed by atoms with E-state index in [4.69, 9.17) is 5.73 Å². The van der Waals surface area contributed by atoms with Gasteiger partial charge in [-0.05, 0) is 31.0 Å². The van der Waals surface area contributed by atoms with Crippen LogP contribution in [0.3, 0.4) is 0 Å². The number of rotatable bonds is 2. The van der Waals surface area contributed by atoms with Crippen molar-refractivity contribution in [3.63, 3.8) is 0 Å². The zero-order valence-corrected chi connectivity index (χ0v) is 9.69. The van der Waals surface area contributed by atoms with Crippen LogP contribution in [0.1, 0.15) is 12.5 Å². The average molecular weight is 282 g/mol. The summed E-state index contributed by atoms with van der Waals surface area (Å²) < 4.78 is 38.2. The van der Waals surface area contributed by atoms with Gasteiger partial charge in [-0.2, -0.15) is 13.2 Å². The highest BCUT2D eigenvalue weighted by atomic mass is 79.9. The molecule has 0 fully saturated rings. The molecule has 5 heteroatoms. The van der Waals surface area contributed by atoms with E-state index in [0.29, 0.717) is 5.56 Å². The minimum atomic E-state index is -4.39. The smallest absolute Gasteiger partial charge is 0.318 e. The van der Waals surface area contributed by atoms with Crippen LogP contribution in [0.2, 0.25) is 0 Å². The molecule has 0 radical (unpaired) electrons. The van der Waals surface area contributed by atoms with Gasteiger partial charge >= 0.3 is 6.18 Å². The standard InChI is InChI=1S/C10H11BrF3N/c1-9(15,10(12,13)14)6-7-2-4-8(11)5-3-7/h2-5H,6,15H2,1H3. The molecule has 1 rings (SSSR count). The highest BCUT2D eigenvalue weighted by Crippen LogP contribution is 2.30. The maximum absolute atomic E-state index is 12.5. The van der Waals surface area contributed by atoms with Crippen LogP contribution in [0.25, 0.3) is 0 Å². The number of hydrogen-bond acceptors (Lipinski definition) is 1. The first-order chi connectivity index (χ1) is 6.72. The first-order valence-electron chi connectivity index (χ1n) is 4.32. The zero-order valence-electron chi connectivity index (χ0n) is 8.11. The van der Waals surface area contributed by atoms with E-state index in [1.807, 2.05) is 0 Å². The Kier molecular flexibility index (Phi) is 3.45. The Balaban J connectivity index is 2.82. The Morgan fingerprint density at radius 3 is 2.07 bits per heavy atom. The van der Waals surface area contributed by atoms with E-state index in [1.54, 1.807) is 24.3 Å². The summed E-state index contributed by atoms with van der Waals surface area (Å²) in [5.74, 6) is 0. The zero-order chi connectivity index (χ0) is 11.7. The van der Waals surface area contributed by atoms with Crippen molar-refractivity contribution in [1.29, 1.82) is 0 Å². The van der Waals surface area contributed by atoms with E-state index in [-0.39, 0.29) is 6.42 Å². The van der Waals surface area contributed by atoms with Crippen LogP contribution in [0.5, 0.6) is 0 Å². The van der Waals surface area contributed by atoms with Crippen molar-refractivity contribution in [2.24, 2.45) is 5.73 Å². The Morgan fingerprint density at radius 1 is 1.20 bits per heavy atom. The summed E-state index contributed by atoms with van der Waals surface area (Å²) in [6, 6.07) is 6.64. The van der Waals surface area contributed by atoms with Crippen molar-refractivity contribution >= 4 is 15.9 Å². The second-order valence-electron chi connectivity index (χ2n) is 3.72. The van der Waals surface area contributed by atoms with Crippen molar-refractivity contribution in [3.8, 4) is 0 Å². The maximum atomic E-state index is 12.5. The summed E-state index contributed by atoms with van der Waals surface area (Å²) >= 11 is 3.21. The first-order valence-corrected chi connectivity index (χ1v) is 5.12. The molecule has 0 saturated carbocycles. The molecule has 0 amide bonds. The molecule has 1 nitrogen and oxygen atoms in total. The first kappa shape index (κ1) is 12.5. The van der Waals surface area contributed by atoms with Gasteiger partial charge in [-0.1, -0.05) is 28.1 Å². The molecule has 1 aromatic rings. The molecule has 15 heavy (non-hydrogen) atoms. The number of hydrogen-bond donors (Lipinski definition) is 1. The number of nitrogens with two attached hydrogens (primary N) is 1. The molecule has 1 unspecified atom stereocenters. The van der Waals surface area contributed by atoms with Crippen molar-refractivity contribution in [3.05, 3.63) is 34.3 Å². The molecule has 0 spiro atoms. The second kappa shape index (κ2) is 4.14. The van der Waals surface area contributed by atoms with Crippen molar-refractivity contribution in [2.45, 2.75) is 25.1 Å². The molecule has 0 saturated heterocycles. The van der Waals surface area contributed by atoms with E-state index >= 15 is 0 Å². The predicted octanol–water partition coefficient (Wildman–Crippen LogP) is 3.27. The highest BCUT2D eigenvalue weighted by Gasteiger charge is 2.47. The number of alkyl halides is 3. The lowest BCUT2D eigenvalue weighted by Crippen LogP contribution is -2.52. The normalized spacial score (nSPS) is 16.1. The number of halogens is 4. The summed E-state index contributed by atoms with van der Waals surface area (Å²) in [5.41, 5.74) is 3.62. The molecule has 1 aromatic carbocycles. The van der Waals surface area contributed by atoms with Crippen molar-refractivity contribution < 1.29 is 13.2 Å². The highest BCUT2D eigenvalue weighted by molar-refractivity contribution is 9.10. The van der Waals surface area contributed by atoms with Gasteiger partial charge in [0.2, 0.25) is 0 Å². The third-order valence-corrected chi connectivity index (χ3v) is 2.66. The summed E-state index contributed by atoms with van der Waals surface area (Å²) in [6.07, 6.45) is -4.61. The van der Waals surface area contributed by atoms with E-state index < -0.39 is 11.7 Å². The molecular weight excluding hydrogens is 271 g/mol. The Morgan fingerprint density at radius 2 is 1.67 bits per heavy atom. The van der Waals surface area contributed by atoms with E-state index in [1.165, 1.54) is 0 Å². The minimum Gasteiger partial charge on any atom is -0.318 e. The summed E-state index contributed by atoms with van der Waals surface area (Å²) in [6.45, 7) is 0.995. The molecule has 0 bridgehead atoms. The molecule has 2 N–H and O–H groups in total. The topological polar surface area (TPSA) is 26.0 Å². The van der Waals surface area contributed by atoms with Gasteiger partial charge in [-0.25, -0.2) is 0 Å². The van der Waals surface area contributed by atoms with Gasteiger partial charge in [0.05, 0.1) is 0 Å². The van der Waals surface area contributed by atoms with Crippen LogP contribution < -0.4 is 5.73 Å². The molecular formula is C10H11BrF3N. The quantitative estimate of drug-likeness (QED) is 0.885. The Bertz CT molecular complexity index is 330. The van der Waals surface area contributed by atoms with Crippen molar-refractivity contribution in [2.75, 3.05) is 0 Å². The van der Waals surface area contributed by atoms with E-state index in [0.717, 1.165) is 11.4 Å². The summed E-state index contributed by atoms with van der Waals surface area (Å²) in [7, 11) is 0. The third-order valence-electron chi connectivity index (χ3n) is 2.13. The van der Waals surface area contributed by atoms with Crippen LogP contribution >= 0.6 is 15.9 Å². The predicted molar refractivity (Wildman–Crippen MR) is 56.5 cm³/mol. The van der Waals surface area contributed by atoms with Gasteiger partial charge in [0.15, 0.2) is 0 Å². The molecule has 0 aromatic heterocycles. The third kappa shape index (κ3) is 3.21. The molecule has 0 aliphatic rings. The van der Waals surface area contributed by atoms with Crippen LogP contribution in [-0.4, -0.2) is 11.7 Å². The molecule has 0 heterocycles. The Hall–Kier alpha value is -0.550. The minimum absolute atomic E-state index is 0.218. The van der Waals surface area contributed by atoms with E-state index in [9.17, 15) is 13.2 Å². The van der Waals surface area contributed by atoms with Crippen LogP contribution in [-0.2, 0) is 6.42 Å². The fourth-order valence-corrected chi connectivity index (χ4v) is 1.39. The lowest BCUT2D eigenvalue weighted by molar-refractivity contribution is -0.180. The second-order valence-corrected chi connectivity index (χ2v) is 4.63. The van der Waals surface area contributed by atoms with Gasteiger partial charge in [0.25, 0.3) is 0 Å². The molecule has 84 valence electrons. The largest absolute Gasteiger partial charge is 0.406 e. The lowest BCUT2D eigenvalue weighted by atomic mass is 9.93. The lowest BCUT2D eigenvalue weighted by Gasteiger charge is -2.27. The fraction of sp³-hybridized carbons (Fsp3) is 0.400. The fourth-order valence-electron chi connectivity index (χ4n) is 1.13. The van der Waals surface area contributed by atoms with Gasteiger partial charge in [0.1, 0.15) is 5.54 Å². The van der Waals surface area contributed by atoms with Crippen LogP contribution in [0.4, 0.5) is 13.2 Å². The van der Waals surface area contributed by atoms with Gasteiger partial charge in [0, 0.05) is 4.47 Å². The van der Waals surface area contributed by atoms with Crippen molar-refractivity contribution in [1.82, 2.24) is 0 Å². The molecule has 0 aliphatic heterocycles. The van der Waals surface area contributed by atoms with Gasteiger partial charge < -0.3 is 5.73 Å². The van der Waals surface area contributed by atoms with Gasteiger partial charge in [-0.15, -0.1) is 0 Å². The summed E-state index contributed by atoms with van der Waals surface area (Å²) in [4.78, 5) is 0. The molecule has 0 aliphatic carbocycles. The SMILES string of the molecule is CC(N)(Cc1ccc(Br)cc1)C(F)(F)F. The average Bonchev–Trinajstić information content (AvgIpc) is 2.06. The van der Waals surface area contributed by atoms with Crippen LogP contribution in [0, 0.1) is 0 Å². The monoisotopic (exact) mass is 281 g/mol. The summed E-state index contributed by atoms with van der Waals surface area (Å²) in [5, 5.41) is 0. The maximum Gasteiger partial charge on any atom is 0.406 e. The van der Waals surface area contributed by atoms with Crippen LogP contribution in [0.15, 0.2) is 28.7 Å². The number of benzene rings is 1. The van der Waals surface area contributed by atoms with Gasteiger partial charge in [-0.3, -0.25) is 0 Å². The molecule has 1 atom stereocenters. The Labute approximate surface area is 94.6 Å².